The molecule has 0 spiro atoms. The number of halogens is 1. The first-order chi connectivity index (χ1) is 9.60. The third-order valence-corrected chi connectivity index (χ3v) is 3.38. The lowest BCUT2D eigenvalue weighted by Gasteiger charge is -2.06. The van der Waals surface area contributed by atoms with E-state index in [2.05, 4.69) is 42.3 Å². The fourth-order valence-electron chi connectivity index (χ4n) is 2.37. The van der Waals surface area contributed by atoms with Crippen LogP contribution in [-0.2, 0) is 6.54 Å². The Morgan fingerprint density at radius 2 is 1.85 bits per heavy atom. The molecular formula is C16H16ClN3. The van der Waals surface area contributed by atoms with Crippen LogP contribution in [0.1, 0.15) is 16.8 Å². The van der Waals surface area contributed by atoms with Crippen molar-refractivity contribution in [3.63, 3.8) is 0 Å². The van der Waals surface area contributed by atoms with Gasteiger partial charge in [-0.1, -0.05) is 17.7 Å². The highest BCUT2D eigenvalue weighted by Crippen LogP contribution is 2.16. The lowest BCUT2D eigenvalue weighted by Crippen LogP contribution is -2.00. The molecule has 3 rings (SSSR count). The summed E-state index contributed by atoms with van der Waals surface area (Å²) in [6, 6.07) is 10.2. The molecule has 0 aliphatic heterocycles. The average molecular weight is 286 g/mol. The Kier molecular flexibility index (Phi) is 3.36. The summed E-state index contributed by atoms with van der Waals surface area (Å²) in [7, 11) is 0. The third kappa shape index (κ3) is 2.78. The molecule has 0 aliphatic rings. The molecule has 0 aliphatic carbocycles. The zero-order chi connectivity index (χ0) is 14.1. The Balaban J connectivity index is 1.79. The van der Waals surface area contributed by atoms with E-state index >= 15 is 0 Å². The molecule has 1 N–H and O–H groups in total. The number of fused-ring (bicyclic) bond motifs is 1. The molecule has 0 fully saturated rings. The SMILES string of the molecule is Cc1cc(C)cc(NCc2cn3cc(Cl)ccc3n2)c1. The van der Waals surface area contributed by atoms with Gasteiger partial charge in [0.25, 0.3) is 0 Å². The van der Waals surface area contributed by atoms with E-state index in [9.17, 15) is 0 Å². The molecule has 0 radical (unpaired) electrons. The Hall–Kier alpha value is -2.00. The third-order valence-electron chi connectivity index (χ3n) is 3.16. The van der Waals surface area contributed by atoms with Gasteiger partial charge in [-0.3, -0.25) is 0 Å². The summed E-state index contributed by atoms with van der Waals surface area (Å²) in [6.45, 7) is 4.90. The molecule has 20 heavy (non-hydrogen) atoms. The van der Waals surface area contributed by atoms with Crippen molar-refractivity contribution in [1.29, 1.82) is 0 Å². The van der Waals surface area contributed by atoms with Crippen molar-refractivity contribution < 1.29 is 0 Å². The summed E-state index contributed by atoms with van der Waals surface area (Å²) in [4.78, 5) is 4.56. The maximum atomic E-state index is 5.97. The van der Waals surface area contributed by atoms with E-state index in [1.165, 1.54) is 11.1 Å². The van der Waals surface area contributed by atoms with Gasteiger partial charge in [0.1, 0.15) is 5.65 Å². The molecule has 0 amide bonds. The van der Waals surface area contributed by atoms with Gasteiger partial charge in [-0.25, -0.2) is 4.98 Å². The number of nitrogens with zero attached hydrogens (tertiary/aromatic N) is 2. The summed E-state index contributed by atoms with van der Waals surface area (Å²) < 4.78 is 1.95. The van der Waals surface area contributed by atoms with Crippen molar-refractivity contribution in [2.75, 3.05) is 5.32 Å². The molecular weight excluding hydrogens is 270 g/mol. The number of anilines is 1. The Bertz CT molecular complexity index is 741. The van der Waals surface area contributed by atoms with Gasteiger partial charge < -0.3 is 9.72 Å². The topological polar surface area (TPSA) is 29.3 Å². The van der Waals surface area contributed by atoms with Crippen LogP contribution in [0.25, 0.3) is 5.65 Å². The number of benzene rings is 1. The Labute approximate surface area is 123 Å². The minimum atomic E-state index is 0.697. The summed E-state index contributed by atoms with van der Waals surface area (Å²) in [5, 5.41) is 4.12. The van der Waals surface area contributed by atoms with Crippen LogP contribution < -0.4 is 5.32 Å². The van der Waals surface area contributed by atoms with Gasteiger partial charge in [-0.2, -0.15) is 0 Å². The van der Waals surface area contributed by atoms with E-state index in [1.807, 2.05) is 28.9 Å². The predicted octanol–water partition coefficient (Wildman–Crippen LogP) is 4.22. The number of hydrogen-bond acceptors (Lipinski definition) is 2. The van der Waals surface area contributed by atoms with Gasteiger partial charge in [0.15, 0.2) is 0 Å². The second-order valence-corrected chi connectivity index (χ2v) is 5.51. The Morgan fingerprint density at radius 3 is 2.60 bits per heavy atom. The first-order valence-electron chi connectivity index (χ1n) is 6.55. The van der Waals surface area contributed by atoms with Crippen LogP contribution in [0.2, 0.25) is 5.02 Å². The van der Waals surface area contributed by atoms with Crippen LogP contribution in [0.4, 0.5) is 5.69 Å². The van der Waals surface area contributed by atoms with Crippen molar-refractivity contribution in [2.24, 2.45) is 0 Å². The van der Waals surface area contributed by atoms with Crippen LogP contribution in [0.5, 0.6) is 0 Å². The molecule has 102 valence electrons. The molecule has 3 aromatic rings. The van der Waals surface area contributed by atoms with E-state index in [0.29, 0.717) is 11.6 Å². The van der Waals surface area contributed by atoms with E-state index in [-0.39, 0.29) is 0 Å². The lowest BCUT2D eigenvalue weighted by atomic mass is 10.1. The maximum Gasteiger partial charge on any atom is 0.137 e. The van der Waals surface area contributed by atoms with Crippen molar-refractivity contribution in [3.05, 3.63) is 64.6 Å². The molecule has 1 aromatic carbocycles. The minimum absolute atomic E-state index is 0.697. The Morgan fingerprint density at radius 1 is 1.10 bits per heavy atom. The second-order valence-electron chi connectivity index (χ2n) is 5.07. The molecule has 0 saturated carbocycles. The summed E-state index contributed by atoms with van der Waals surface area (Å²) in [5.74, 6) is 0. The van der Waals surface area contributed by atoms with Crippen LogP contribution in [-0.4, -0.2) is 9.38 Å². The molecule has 0 bridgehead atoms. The molecule has 0 atom stereocenters. The number of hydrogen-bond donors (Lipinski definition) is 1. The van der Waals surface area contributed by atoms with Crippen LogP contribution >= 0.6 is 11.6 Å². The minimum Gasteiger partial charge on any atom is -0.379 e. The number of aromatic nitrogens is 2. The number of pyridine rings is 1. The first kappa shape index (κ1) is 13.0. The van der Waals surface area contributed by atoms with Gasteiger partial charge in [0.05, 0.1) is 17.3 Å². The molecule has 2 aromatic heterocycles. The number of rotatable bonds is 3. The molecule has 0 unspecified atom stereocenters. The number of nitrogens with one attached hydrogen (secondary N) is 1. The van der Waals surface area contributed by atoms with Gasteiger partial charge >= 0.3 is 0 Å². The fraction of sp³-hybridized carbons (Fsp3) is 0.188. The van der Waals surface area contributed by atoms with Crippen LogP contribution in [0.3, 0.4) is 0 Å². The van der Waals surface area contributed by atoms with E-state index in [1.54, 1.807) is 0 Å². The van der Waals surface area contributed by atoms with E-state index in [4.69, 9.17) is 11.6 Å². The highest BCUT2D eigenvalue weighted by atomic mass is 35.5. The largest absolute Gasteiger partial charge is 0.379 e. The summed E-state index contributed by atoms with van der Waals surface area (Å²) >= 11 is 5.97. The maximum absolute atomic E-state index is 5.97. The number of imidazole rings is 1. The van der Waals surface area contributed by atoms with Crippen LogP contribution in [0.15, 0.2) is 42.7 Å². The van der Waals surface area contributed by atoms with Crippen molar-refractivity contribution in [3.8, 4) is 0 Å². The van der Waals surface area contributed by atoms with Crippen molar-refractivity contribution in [2.45, 2.75) is 20.4 Å². The summed E-state index contributed by atoms with van der Waals surface area (Å²) in [6.07, 6.45) is 3.86. The van der Waals surface area contributed by atoms with E-state index in [0.717, 1.165) is 17.0 Å². The van der Waals surface area contributed by atoms with Crippen LogP contribution in [0, 0.1) is 13.8 Å². The lowest BCUT2D eigenvalue weighted by molar-refractivity contribution is 1.08. The monoisotopic (exact) mass is 285 g/mol. The fourth-order valence-corrected chi connectivity index (χ4v) is 2.54. The molecule has 0 saturated heterocycles. The van der Waals surface area contributed by atoms with Crippen molar-refractivity contribution in [1.82, 2.24) is 9.38 Å². The summed E-state index contributed by atoms with van der Waals surface area (Å²) in [5.41, 5.74) is 5.54. The highest BCUT2D eigenvalue weighted by Gasteiger charge is 2.02. The quantitative estimate of drug-likeness (QED) is 0.781. The zero-order valence-electron chi connectivity index (χ0n) is 11.5. The van der Waals surface area contributed by atoms with Gasteiger partial charge in [-0.05, 0) is 49.2 Å². The van der Waals surface area contributed by atoms with Crippen molar-refractivity contribution >= 4 is 22.9 Å². The molecule has 3 nitrogen and oxygen atoms in total. The predicted molar refractivity (Wildman–Crippen MR) is 83.4 cm³/mol. The molecule has 4 heteroatoms. The molecule has 2 heterocycles. The highest BCUT2D eigenvalue weighted by molar-refractivity contribution is 6.30. The smallest absolute Gasteiger partial charge is 0.137 e. The van der Waals surface area contributed by atoms with Gasteiger partial charge in [0.2, 0.25) is 0 Å². The first-order valence-corrected chi connectivity index (χ1v) is 6.93. The standard InChI is InChI=1S/C16H16ClN3/c1-11-5-12(2)7-14(6-11)18-8-15-10-20-9-13(17)3-4-16(20)19-15/h3-7,9-10,18H,8H2,1-2H3. The second kappa shape index (κ2) is 5.17. The normalized spacial score (nSPS) is 10.9. The van der Waals surface area contributed by atoms with Gasteiger partial charge in [-0.15, -0.1) is 0 Å². The zero-order valence-corrected chi connectivity index (χ0v) is 12.3. The number of aryl methyl sites for hydroxylation is 2. The van der Waals surface area contributed by atoms with E-state index < -0.39 is 0 Å². The average Bonchev–Trinajstić information content (AvgIpc) is 2.77. The van der Waals surface area contributed by atoms with Gasteiger partial charge in [0, 0.05) is 18.1 Å².